The lowest BCUT2D eigenvalue weighted by Gasteiger charge is -2.27. The molecule has 0 saturated carbocycles. The van der Waals surface area contributed by atoms with Crippen molar-refractivity contribution in [1.82, 2.24) is 9.74 Å². The third-order valence-corrected chi connectivity index (χ3v) is 3.95. The number of carbonyl (C=O) groups is 2. The standard InChI is InChI=1S/C15H27ClN2O3/c1-4-5-9-21-15(20)13-7-6-8-18(13)14(19)12(17-16)10-11(2)3/h11-13,17H,4-10H2,1-3H3/t12-,13-/m0/s1. The zero-order chi connectivity index (χ0) is 15.8. The SMILES string of the molecule is CCCCOC(=O)[C@@H]1CCCN1C(=O)[C@H](CC(C)C)NCl. The fraction of sp³-hybridized carbons (Fsp3) is 0.867. The summed E-state index contributed by atoms with van der Waals surface area (Å²) < 4.78 is 5.26. The fourth-order valence-electron chi connectivity index (χ4n) is 2.55. The summed E-state index contributed by atoms with van der Waals surface area (Å²) in [6.07, 6.45) is 3.98. The molecule has 1 aliphatic heterocycles. The van der Waals surface area contributed by atoms with E-state index >= 15 is 0 Å². The maximum Gasteiger partial charge on any atom is 0.328 e. The van der Waals surface area contributed by atoms with E-state index in [9.17, 15) is 9.59 Å². The summed E-state index contributed by atoms with van der Waals surface area (Å²) in [5.41, 5.74) is 0. The van der Waals surface area contributed by atoms with Gasteiger partial charge in [-0.15, -0.1) is 0 Å². The van der Waals surface area contributed by atoms with Crippen molar-refractivity contribution in [1.29, 1.82) is 0 Å². The molecule has 1 fully saturated rings. The summed E-state index contributed by atoms with van der Waals surface area (Å²) in [5, 5.41) is 0. The van der Waals surface area contributed by atoms with Crippen LogP contribution in [0.2, 0.25) is 0 Å². The molecule has 1 rings (SSSR count). The number of halogens is 1. The van der Waals surface area contributed by atoms with Crippen LogP contribution in [0.5, 0.6) is 0 Å². The Morgan fingerprint density at radius 3 is 2.71 bits per heavy atom. The van der Waals surface area contributed by atoms with Crippen molar-refractivity contribution >= 4 is 23.7 Å². The number of ether oxygens (including phenoxy) is 1. The number of esters is 1. The van der Waals surface area contributed by atoms with Crippen LogP contribution in [0.1, 0.15) is 52.9 Å². The normalized spacial score (nSPS) is 19.9. The zero-order valence-electron chi connectivity index (χ0n) is 13.2. The summed E-state index contributed by atoms with van der Waals surface area (Å²) in [4.78, 5) is 28.8. The fourth-order valence-corrected chi connectivity index (χ4v) is 2.73. The summed E-state index contributed by atoms with van der Waals surface area (Å²) in [6, 6.07) is -0.898. The van der Waals surface area contributed by atoms with E-state index < -0.39 is 12.1 Å². The molecule has 1 amide bonds. The Balaban J connectivity index is 2.62. The highest BCUT2D eigenvalue weighted by Crippen LogP contribution is 2.21. The summed E-state index contributed by atoms with van der Waals surface area (Å²) in [7, 11) is 0. The highest BCUT2D eigenvalue weighted by atomic mass is 35.5. The number of rotatable bonds is 8. The second kappa shape index (κ2) is 9.26. The molecule has 21 heavy (non-hydrogen) atoms. The van der Waals surface area contributed by atoms with Crippen molar-refractivity contribution in [2.24, 2.45) is 5.92 Å². The van der Waals surface area contributed by atoms with Gasteiger partial charge in [0.2, 0.25) is 5.91 Å². The molecule has 1 N–H and O–H groups in total. The zero-order valence-corrected chi connectivity index (χ0v) is 14.0. The van der Waals surface area contributed by atoms with Crippen LogP contribution in [-0.4, -0.2) is 42.0 Å². The van der Waals surface area contributed by atoms with Crippen LogP contribution in [0.25, 0.3) is 0 Å². The molecule has 0 unspecified atom stereocenters. The highest BCUT2D eigenvalue weighted by Gasteiger charge is 2.37. The van der Waals surface area contributed by atoms with Crippen molar-refractivity contribution in [3.63, 3.8) is 0 Å². The molecule has 1 heterocycles. The average Bonchev–Trinajstić information content (AvgIpc) is 2.93. The lowest BCUT2D eigenvalue weighted by molar-refractivity contribution is -0.154. The van der Waals surface area contributed by atoms with Crippen LogP contribution in [0.15, 0.2) is 0 Å². The Labute approximate surface area is 132 Å². The second-order valence-electron chi connectivity index (χ2n) is 6.00. The molecule has 0 aliphatic carbocycles. The molecule has 122 valence electrons. The van der Waals surface area contributed by atoms with E-state index in [-0.39, 0.29) is 11.9 Å². The minimum absolute atomic E-state index is 0.103. The van der Waals surface area contributed by atoms with Crippen LogP contribution in [0.4, 0.5) is 0 Å². The molecule has 0 aromatic heterocycles. The van der Waals surface area contributed by atoms with Gasteiger partial charge in [0.15, 0.2) is 0 Å². The molecule has 0 aromatic rings. The number of unbranched alkanes of at least 4 members (excludes halogenated alkanes) is 1. The number of nitrogens with one attached hydrogen (secondary N) is 1. The first-order valence-electron chi connectivity index (χ1n) is 7.84. The molecular weight excluding hydrogens is 292 g/mol. The minimum atomic E-state index is -0.450. The summed E-state index contributed by atoms with van der Waals surface area (Å²) >= 11 is 5.70. The number of amides is 1. The van der Waals surface area contributed by atoms with Crippen LogP contribution < -0.4 is 4.84 Å². The van der Waals surface area contributed by atoms with E-state index in [0.29, 0.717) is 31.9 Å². The van der Waals surface area contributed by atoms with Gasteiger partial charge >= 0.3 is 5.97 Å². The van der Waals surface area contributed by atoms with E-state index in [0.717, 1.165) is 19.3 Å². The van der Waals surface area contributed by atoms with Gasteiger partial charge in [0.1, 0.15) is 12.1 Å². The van der Waals surface area contributed by atoms with E-state index in [4.69, 9.17) is 16.5 Å². The third-order valence-electron chi connectivity index (χ3n) is 3.69. The maximum absolute atomic E-state index is 12.5. The molecule has 0 bridgehead atoms. The number of carbonyl (C=O) groups excluding carboxylic acids is 2. The Morgan fingerprint density at radius 1 is 1.43 bits per heavy atom. The van der Waals surface area contributed by atoms with E-state index in [1.165, 1.54) is 0 Å². The van der Waals surface area contributed by atoms with Crippen LogP contribution in [0.3, 0.4) is 0 Å². The Hall–Kier alpha value is -0.810. The topological polar surface area (TPSA) is 58.6 Å². The largest absolute Gasteiger partial charge is 0.464 e. The maximum atomic E-state index is 12.5. The molecular formula is C15H27ClN2O3. The van der Waals surface area contributed by atoms with E-state index in [1.807, 2.05) is 20.8 Å². The number of hydrogen-bond acceptors (Lipinski definition) is 4. The van der Waals surface area contributed by atoms with Gasteiger partial charge < -0.3 is 9.64 Å². The Bertz CT molecular complexity index is 350. The smallest absolute Gasteiger partial charge is 0.328 e. The van der Waals surface area contributed by atoms with E-state index in [1.54, 1.807) is 4.90 Å². The van der Waals surface area contributed by atoms with Crippen LogP contribution >= 0.6 is 11.8 Å². The van der Waals surface area contributed by atoms with Gasteiger partial charge in [0, 0.05) is 6.54 Å². The lowest BCUT2D eigenvalue weighted by Crippen LogP contribution is -2.49. The highest BCUT2D eigenvalue weighted by molar-refractivity contribution is 6.15. The summed E-state index contributed by atoms with van der Waals surface area (Å²) in [6.45, 7) is 7.14. The number of hydrogen-bond donors (Lipinski definition) is 1. The van der Waals surface area contributed by atoms with Crippen molar-refractivity contribution in [2.75, 3.05) is 13.2 Å². The first kappa shape index (κ1) is 18.2. The van der Waals surface area contributed by atoms with Gasteiger partial charge in [-0.05, 0) is 43.4 Å². The molecule has 0 radical (unpaired) electrons. The lowest BCUT2D eigenvalue weighted by atomic mass is 10.0. The van der Waals surface area contributed by atoms with Gasteiger partial charge in [0.05, 0.1) is 6.61 Å². The molecule has 1 aliphatic rings. The summed E-state index contributed by atoms with van der Waals surface area (Å²) in [5.74, 6) is -0.0384. The molecule has 0 spiro atoms. The van der Waals surface area contributed by atoms with Gasteiger partial charge in [-0.2, -0.15) is 0 Å². The molecule has 2 atom stereocenters. The number of nitrogens with zero attached hydrogens (tertiary/aromatic N) is 1. The van der Waals surface area contributed by atoms with E-state index in [2.05, 4.69) is 4.84 Å². The predicted molar refractivity (Wildman–Crippen MR) is 82.8 cm³/mol. The van der Waals surface area contributed by atoms with Crippen molar-refractivity contribution in [3.05, 3.63) is 0 Å². The predicted octanol–water partition coefficient (Wildman–Crippen LogP) is 2.48. The second-order valence-corrected chi connectivity index (χ2v) is 6.22. The van der Waals surface area contributed by atoms with Crippen LogP contribution in [0, 0.1) is 5.92 Å². The first-order chi connectivity index (χ1) is 10.0. The molecule has 6 heteroatoms. The van der Waals surface area contributed by atoms with Gasteiger partial charge in [-0.25, -0.2) is 9.63 Å². The van der Waals surface area contributed by atoms with Gasteiger partial charge in [0.25, 0.3) is 0 Å². The third kappa shape index (κ3) is 5.47. The Morgan fingerprint density at radius 2 is 2.14 bits per heavy atom. The molecule has 0 aromatic carbocycles. The van der Waals surface area contributed by atoms with Crippen LogP contribution in [-0.2, 0) is 14.3 Å². The number of likely N-dealkylation sites (tertiary alicyclic amines) is 1. The minimum Gasteiger partial charge on any atom is -0.464 e. The van der Waals surface area contributed by atoms with Crippen molar-refractivity contribution < 1.29 is 14.3 Å². The molecule has 5 nitrogen and oxygen atoms in total. The Kier molecular flexibility index (Phi) is 8.04. The monoisotopic (exact) mass is 318 g/mol. The quantitative estimate of drug-likeness (QED) is 0.424. The van der Waals surface area contributed by atoms with Gasteiger partial charge in [-0.3, -0.25) is 4.79 Å². The molecule has 1 saturated heterocycles. The average molecular weight is 319 g/mol. The van der Waals surface area contributed by atoms with Gasteiger partial charge in [-0.1, -0.05) is 27.2 Å². The first-order valence-corrected chi connectivity index (χ1v) is 8.22. The van der Waals surface area contributed by atoms with Crippen molar-refractivity contribution in [2.45, 2.75) is 65.0 Å². The van der Waals surface area contributed by atoms with Crippen molar-refractivity contribution in [3.8, 4) is 0 Å².